The molecule has 5 rings (SSSR count). The number of ether oxygens (including phenoxy) is 1. The highest BCUT2D eigenvalue weighted by atomic mass is 16.5. The SMILES string of the molecule is C=[N+]1C=C(/C(N)=C/C(c2ncc(C(=O)N[C@H]3CC[C@@H]3OC)[nH]2)=[N+](C)Cc2ccccc2)c2cccnc21. The van der Waals surface area contributed by atoms with Crippen LogP contribution in [-0.2, 0) is 11.3 Å². The smallest absolute Gasteiger partial charge is 0.335 e. The average molecular weight is 498 g/mol. The number of nitrogens with zero attached hydrogens (tertiary/aromatic N) is 4. The van der Waals surface area contributed by atoms with Gasteiger partial charge >= 0.3 is 5.82 Å². The first-order chi connectivity index (χ1) is 17.9. The fraction of sp³-hybridized carbons (Fsp3) is 0.250. The predicted octanol–water partition coefficient (Wildman–Crippen LogP) is 2.59. The van der Waals surface area contributed by atoms with Crippen molar-refractivity contribution >= 4 is 29.7 Å². The summed E-state index contributed by atoms with van der Waals surface area (Å²) in [6, 6.07) is 14.0. The number of fused-ring (bicyclic) bond motifs is 1. The predicted molar refractivity (Wildman–Crippen MR) is 142 cm³/mol. The Labute approximate surface area is 215 Å². The molecule has 9 nitrogen and oxygen atoms in total. The van der Waals surface area contributed by atoms with Gasteiger partial charge in [0.05, 0.1) is 41.9 Å². The van der Waals surface area contributed by atoms with Crippen LogP contribution in [0.3, 0.4) is 0 Å². The van der Waals surface area contributed by atoms with E-state index >= 15 is 0 Å². The molecule has 0 spiro atoms. The molecule has 0 unspecified atom stereocenters. The van der Waals surface area contributed by atoms with Crippen LogP contribution in [0.2, 0.25) is 0 Å². The van der Waals surface area contributed by atoms with Crippen molar-refractivity contribution in [2.24, 2.45) is 5.73 Å². The van der Waals surface area contributed by atoms with Crippen molar-refractivity contribution in [3.8, 4) is 0 Å². The molecule has 4 N–H and O–H groups in total. The van der Waals surface area contributed by atoms with Gasteiger partial charge < -0.3 is 20.8 Å². The number of methoxy groups -OCH3 is 1. The van der Waals surface area contributed by atoms with Crippen molar-refractivity contribution in [3.05, 3.63) is 95.5 Å². The molecule has 0 radical (unpaired) electrons. The second-order valence-corrected chi connectivity index (χ2v) is 9.29. The van der Waals surface area contributed by atoms with E-state index < -0.39 is 0 Å². The lowest BCUT2D eigenvalue weighted by Gasteiger charge is -2.35. The Morgan fingerprint density at radius 2 is 2.08 bits per heavy atom. The van der Waals surface area contributed by atoms with Crippen LogP contribution >= 0.6 is 0 Å². The van der Waals surface area contributed by atoms with E-state index in [-0.39, 0.29) is 18.1 Å². The van der Waals surface area contributed by atoms with E-state index in [9.17, 15) is 4.79 Å². The molecule has 2 aromatic heterocycles. The van der Waals surface area contributed by atoms with Gasteiger partial charge in [-0.15, -0.1) is 0 Å². The summed E-state index contributed by atoms with van der Waals surface area (Å²) in [6.07, 6.45) is 8.92. The van der Waals surface area contributed by atoms with Crippen molar-refractivity contribution in [1.29, 1.82) is 0 Å². The number of imidazole rings is 1. The summed E-state index contributed by atoms with van der Waals surface area (Å²) in [5, 5.41) is 3.03. The molecule has 0 saturated heterocycles. The number of allylic oxidation sites excluding steroid dienone is 2. The zero-order valence-electron chi connectivity index (χ0n) is 21.0. The highest BCUT2D eigenvalue weighted by Crippen LogP contribution is 2.33. The van der Waals surface area contributed by atoms with Gasteiger partial charge in [0.1, 0.15) is 25.1 Å². The van der Waals surface area contributed by atoms with E-state index in [0.29, 0.717) is 23.8 Å². The van der Waals surface area contributed by atoms with Crippen LogP contribution in [0.4, 0.5) is 5.82 Å². The second-order valence-electron chi connectivity index (χ2n) is 9.29. The number of rotatable bonds is 8. The quantitative estimate of drug-likeness (QED) is 0.327. The van der Waals surface area contributed by atoms with Crippen LogP contribution < -0.4 is 11.1 Å². The molecule has 1 fully saturated rings. The fourth-order valence-corrected chi connectivity index (χ4v) is 4.61. The third kappa shape index (κ3) is 4.99. The minimum absolute atomic E-state index is 0.0116. The molecule has 3 aromatic rings. The molecule has 1 saturated carbocycles. The molecule has 1 aliphatic carbocycles. The van der Waals surface area contributed by atoms with E-state index in [4.69, 9.17) is 10.5 Å². The zero-order chi connectivity index (χ0) is 25.9. The van der Waals surface area contributed by atoms with Gasteiger partial charge in [-0.1, -0.05) is 30.3 Å². The monoisotopic (exact) mass is 497 g/mol. The molecular weight excluding hydrogens is 466 g/mol. The molecule has 37 heavy (non-hydrogen) atoms. The zero-order valence-corrected chi connectivity index (χ0v) is 21.0. The van der Waals surface area contributed by atoms with Gasteiger partial charge in [-0.3, -0.25) is 4.79 Å². The number of hydrogen-bond acceptors (Lipinski definition) is 5. The maximum atomic E-state index is 12.9. The average Bonchev–Trinajstić information content (AvgIpc) is 3.51. The van der Waals surface area contributed by atoms with Gasteiger partial charge in [-0.25, -0.2) is 14.1 Å². The minimum atomic E-state index is -0.210. The van der Waals surface area contributed by atoms with Crippen molar-refractivity contribution < 1.29 is 18.7 Å². The van der Waals surface area contributed by atoms with Gasteiger partial charge in [0.2, 0.25) is 11.5 Å². The van der Waals surface area contributed by atoms with Gasteiger partial charge in [-0.05, 0) is 30.0 Å². The van der Waals surface area contributed by atoms with E-state index in [2.05, 4.69) is 43.7 Å². The van der Waals surface area contributed by atoms with Crippen LogP contribution in [0.25, 0.3) is 5.57 Å². The number of aromatic amines is 1. The number of carbonyl (C=O) groups is 1. The van der Waals surface area contributed by atoms with Crippen LogP contribution in [0.1, 0.15) is 40.3 Å². The van der Waals surface area contributed by atoms with Crippen molar-refractivity contribution in [3.63, 3.8) is 0 Å². The normalized spacial score (nSPS) is 19.6. The summed E-state index contributed by atoms with van der Waals surface area (Å²) in [5.74, 6) is 1.08. The van der Waals surface area contributed by atoms with E-state index in [1.165, 1.54) is 0 Å². The van der Waals surface area contributed by atoms with Gasteiger partial charge in [0.15, 0.2) is 6.54 Å². The number of amides is 1. The van der Waals surface area contributed by atoms with E-state index in [0.717, 1.165) is 41.1 Å². The number of nitrogens with two attached hydrogens (primary N) is 1. The molecule has 0 bridgehead atoms. The van der Waals surface area contributed by atoms with Crippen LogP contribution in [0.5, 0.6) is 0 Å². The van der Waals surface area contributed by atoms with Crippen molar-refractivity contribution in [1.82, 2.24) is 20.3 Å². The number of nitrogens with one attached hydrogen (secondary N) is 2. The Balaban J connectivity index is 1.48. The Hall–Kier alpha value is -4.37. The number of pyridine rings is 1. The summed E-state index contributed by atoms with van der Waals surface area (Å²) in [4.78, 5) is 25.0. The maximum absolute atomic E-state index is 12.9. The van der Waals surface area contributed by atoms with Crippen LogP contribution in [0, 0.1) is 0 Å². The Kier molecular flexibility index (Phi) is 6.78. The highest BCUT2D eigenvalue weighted by molar-refractivity contribution is 6.06. The second kappa shape index (κ2) is 10.3. The van der Waals surface area contributed by atoms with Gasteiger partial charge in [0, 0.05) is 18.7 Å². The molecule has 1 aromatic carbocycles. The van der Waals surface area contributed by atoms with Crippen molar-refractivity contribution in [2.75, 3.05) is 14.2 Å². The number of hydrogen-bond donors (Lipinski definition) is 3. The minimum Gasteiger partial charge on any atom is -0.398 e. The first-order valence-corrected chi connectivity index (χ1v) is 12.2. The summed E-state index contributed by atoms with van der Waals surface area (Å²) in [7, 11) is 3.64. The molecule has 1 amide bonds. The number of carbonyl (C=O) groups excluding carboxylic acids is 1. The topological polar surface area (TPSA) is 112 Å². The standard InChI is InChI=1S/C28H29N7O2/c1-34(16-18-8-5-4-6-9-18)24(14-21(29)20-17-35(2)27-19(20)10-7-13-30-27)26-31-15-23(32-26)28(36)33-22-11-12-25(22)37-3/h4-10,13-15,17,22,25H,2,11-12,16H2,1,3H3,(H2-,29,31,32,33,36)/p+2/t22-,25-/m0/s1. The number of aromatic nitrogens is 3. The molecule has 3 heterocycles. The lowest BCUT2D eigenvalue weighted by molar-refractivity contribution is -0.512. The molecule has 9 heteroatoms. The lowest BCUT2D eigenvalue weighted by atomic mass is 9.89. The molecular formula is C28H31N7O2+2. The summed E-state index contributed by atoms with van der Waals surface area (Å²) >= 11 is 0. The Morgan fingerprint density at radius 3 is 2.81 bits per heavy atom. The van der Waals surface area contributed by atoms with Crippen LogP contribution in [-0.4, -0.2) is 68.7 Å². The molecule has 2 atom stereocenters. The first kappa shape index (κ1) is 24.3. The highest BCUT2D eigenvalue weighted by Gasteiger charge is 2.33. The third-order valence-electron chi connectivity index (χ3n) is 6.80. The fourth-order valence-electron chi connectivity index (χ4n) is 4.61. The largest absolute Gasteiger partial charge is 0.398 e. The molecule has 1 aliphatic heterocycles. The van der Waals surface area contributed by atoms with Gasteiger partial charge in [-0.2, -0.15) is 0 Å². The molecule has 2 aliphatic rings. The number of benzene rings is 1. The summed E-state index contributed by atoms with van der Waals surface area (Å²) in [5.41, 5.74) is 11.2. The Bertz CT molecular complexity index is 1430. The first-order valence-electron chi connectivity index (χ1n) is 12.2. The van der Waals surface area contributed by atoms with E-state index in [1.54, 1.807) is 24.1 Å². The maximum Gasteiger partial charge on any atom is 0.335 e. The summed E-state index contributed by atoms with van der Waals surface area (Å²) < 4.78 is 9.16. The summed E-state index contributed by atoms with van der Waals surface area (Å²) in [6.45, 7) is 4.66. The van der Waals surface area contributed by atoms with Gasteiger partial charge in [0.25, 0.3) is 5.91 Å². The lowest BCUT2D eigenvalue weighted by Crippen LogP contribution is -2.51. The Morgan fingerprint density at radius 1 is 1.27 bits per heavy atom. The van der Waals surface area contributed by atoms with Crippen molar-refractivity contribution in [2.45, 2.75) is 31.5 Å². The molecule has 188 valence electrons. The third-order valence-corrected chi connectivity index (χ3v) is 6.80. The van der Waals surface area contributed by atoms with Crippen LogP contribution in [0.15, 0.2) is 72.8 Å². The number of H-pyrrole nitrogens is 1. The van der Waals surface area contributed by atoms with E-state index in [1.807, 2.05) is 49.7 Å².